The van der Waals surface area contributed by atoms with Crippen LogP contribution in [0.3, 0.4) is 0 Å². The van der Waals surface area contributed by atoms with Crippen molar-refractivity contribution < 1.29 is 14.3 Å². The molecule has 3 rings (SSSR count). The van der Waals surface area contributed by atoms with Crippen molar-refractivity contribution in [2.75, 3.05) is 7.11 Å². The van der Waals surface area contributed by atoms with Gasteiger partial charge in [-0.25, -0.2) is 5.43 Å². The van der Waals surface area contributed by atoms with Gasteiger partial charge in [0.05, 0.1) is 13.3 Å². The summed E-state index contributed by atoms with van der Waals surface area (Å²) in [4.78, 5) is 12.0. The average molecular weight is 429 g/mol. The monoisotopic (exact) mass is 428 g/mol. The van der Waals surface area contributed by atoms with E-state index in [2.05, 4.69) is 10.5 Å². The first-order valence-electron chi connectivity index (χ1n) is 8.70. The molecule has 1 amide bonds. The fourth-order valence-corrected chi connectivity index (χ4v) is 2.80. The molecule has 5 nitrogen and oxygen atoms in total. The fourth-order valence-electron chi connectivity index (χ4n) is 2.49. The summed E-state index contributed by atoms with van der Waals surface area (Å²) in [6.07, 6.45) is 1.52. The van der Waals surface area contributed by atoms with Gasteiger partial charge in [0.15, 0.2) is 11.5 Å². The Kier molecular flexibility index (Phi) is 7.11. The number of halogens is 2. The number of methoxy groups -OCH3 is 1. The van der Waals surface area contributed by atoms with Gasteiger partial charge in [-0.15, -0.1) is 0 Å². The number of carbonyl (C=O) groups excluding carboxylic acids is 1. The lowest BCUT2D eigenvalue weighted by Crippen LogP contribution is -2.17. The standard InChI is InChI=1S/C22H18Cl2N2O3/c1-28-21-12-15(13-25-26-22(27)16-7-9-18(23)10-8-16)6-11-20(21)29-14-17-4-2-3-5-19(17)24/h2-13H,14H2,1H3,(H,26,27)/b25-13-. The van der Waals surface area contributed by atoms with Crippen molar-refractivity contribution in [1.29, 1.82) is 0 Å². The molecule has 1 N–H and O–H groups in total. The van der Waals surface area contributed by atoms with Gasteiger partial charge in [-0.3, -0.25) is 4.79 Å². The molecule has 0 aliphatic heterocycles. The third-order valence-corrected chi connectivity index (χ3v) is 4.64. The van der Waals surface area contributed by atoms with E-state index in [1.54, 1.807) is 43.5 Å². The maximum absolute atomic E-state index is 12.0. The third kappa shape index (κ3) is 5.73. The van der Waals surface area contributed by atoms with E-state index in [4.69, 9.17) is 32.7 Å². The molecule has 0 aromatic heterocycles. The van der Waals surface area contributed by atoms with Crippen LogP contribution in [-0.4, -0.2) is 19.2 Å². The van der Waals surface area contributed by atoms with Crippen LogP contribution in [0.5, 0.6) is 11.5 Å². The van der Waals surface area contributed by atoms with Crippen LogP contribution in [-0.2, 0) is 6.61 Å². The number of hydrazone groups is 1. The molecular formula is C22H18Cl2N2O3. The summed E-state index contributed by atoms with van der Waals surface area (Å²) in [5.74, 6) is 0.796. The van der Waals surface area contributed by atoms with E-state index in [1.165, 1.54) is 6.21 Å². The minimum Gasteiger partial charge on any atom is -0.493 e. The molecular weight excluding hydrogens is 411 g/mol. The number of rotatable bonds is 7. The second kappa shape index (κ2) is 9.96. The van der Waals surface area contributed by atoms with E-state index >= 15 is 0 Å². The molecule has 0 aliphatic carbocycles. The highest BCUT2D eigenvalue weighted by atomic mass is 35.5. The van der Waals surface area contributed by atoms with Crippen LogP contribution in [0.15, 0.2) is 71.8 Å². The van der Waals surface area contributed by atoms with Gasteiger partial charge in [0.2, 0.25) is 0 Å². The summed E-state index contributed by atoms with van der Waals surface area (Å²) in [6, 6.07) is 19.4. The van der Waals surface area contributed by atoms with Crippen molar-refractivity contribution in [3.05, 3.63) is 93.5 Å². The maximum Gasteiger partial charge on any atom is 0.271 e. The quantitative estimate of drug-likeness (QED) is 0.407. The van der Waals surface area contributed by atoms with Gasteiger partial charge in [0, 0.05) is 21.2 Å². The summed E-state index contributed by atoms with van der Waals surface area (Å²) < 4.78 is 11.2. The molecule has 0 atom stereocenters. The highest BCUT2D eigenvalue weighted by Gasteiger charge is 2.08. The third-order valence-electron chi connectivity index (χ3n) is 4.01. The normalized spacial score (nSPS) is 10.7. The smallest absolute Gasteiger partial charge is 0.271 e. The van der Waals surface area contributed by atoms with Crippen molar-refractivity contribution in [1.82, 2.24) is 5.43 Å². The van der Waals surface area contributed by atoms with E-state index < -0.39 is 0 Å². The lowest BCUT2D eigenvalue weighted by Gasteiger charge is -2.12. The molecule has 0 bridgehead atoms. The van der Waals surface area contributed by atoms with Crippen LogP contribution in [0.1, 0.15) is 21.5 Å². The van der Waals surface area contributed by atoms with E-state index in [9.17, 15) is 4.79 Å². The minimum atomic E-state index is -0.329. The van der Waals surface area contributed by atoms with Gasteiger partial charge < -0.3 is 9.47 Å². The zero-order valence-corrected chi connectivity index (χ0v) is 17.1. The largest absolute Gasteiger partial charge is 0.493 e. The summed E-state index contributed by atoms with van der Waals surface area (Å²) in [5, 5.41) is 5.19. The van der Waals surface area contributed by atoms with E-state index in [-0.39, 0.29) is 5.91 Å². The molecule has 0 aliphatic rings. The molecule has 29 heavy (non-hydrogen) atoms. The highest BCUT2D eigenvalue weighted by Crippen LogP contribution is 2.29. The van der Waals surface area contributed by atoms with Crippen LogP contribution in [0, 0.1) is 0 Å². The molecule has 0 saturated heterocycles. The van der Waals surface area contributed by atoms with Gasteiger partial charge in [0.25, 0.3) is 5.91 Å². The lowest BCUT2D eigenvalue weighted by molar-refractivity contribution is 0.0955. The first-order chi connectivity index (χ1) is 14.1. The van der Waals surface area contributed by atoms with Crippen LogP contribution in [0.2, 0.25) is 10.0 Å². The van der Waals surface area contributed by atoms with Crippen LogP contribution < -0.4 is 14.9 Å². The Balaban J connectivity index is 1.63. The van der Waals surface area contributed by atoms with Gasteiger partial charge in [0.1, 0.15) is 6.61 Å². The maximum atomic E-state index is 12.0. The van der Waals surface area contributed by atoms with Crippen LogP contribution in [0.25, 0.3) is 0 Å². The Morgan fingerprint density at radius 1 is 1.03 bits per heavy atom. The lowest BCUT2D eigenvalue weighted by atomic mass is 10.2. The molecule has 0 spiro atoms. The fraction of sp³-hybridized carbons (Fsp3) is 0.0909. The van der Waals surface area contributed by atoms with Crippen molar-refractivity contribution in [2.24, 2.45) is 5.10 Å². The van der Waals surface area contributed by atoms with Crippen molar-refractivity contribution >= 4 is 35.3 Å². The topological polar surface area (TPSA) is 59.9 Å². The highest BCUT2D eigenvalue weighted by molar-refractivity contribution is 6.31. The van der Waals surface area contributed by atoms with Crippen molar-refractivity contribution in [3.8, 4) is 11.5 Å². The molecule has 0 fully saturated rings. The van der Waals surface area contributed by atoms with Crippen LogP contribution >= 0.6 is 23.2 Å². The molecule has 0 unspecified atom stereocenters. The summed E-state index contributed by atoms with van der Waals surface area (Å²) >= 11 is 12.0. The Bertz CT molecular complexity index is 1020. The molecule has 0 saturated carbocycles. The molecule has 0 radical (unpaired) electrons. The summed E-state index contributed by atoms with van der Waals surface area (Å²) in [7, 11) is 1.56. The predicted molar refractivity (Wildman–Crippen MR) is 115 cm³/mol. The van der Waals surface area contributed by atoms with Gasteiger partial charge in [-0.2, -0.15) is 5.10 Å². The first kappa shape index (κ1) is 20.7. The van der Waals surface area contributed by atoms with Gasteiger partial charge in [-0.1, -0.05) is 41.4 Å². The minimum absolute atomic E-state index is 0.320. The zero-order valence-electron chi connectivity index (χ0n) is 15.6. The Morgan fingerprint density at radius 2 is 1.79 bits per heavy atom. The molecule has 3 aromatic carbocycles. The Morgan fingerprint density at radius 3 is 2.52 bits per heavy atom. The number of carbonyl (C=O) groups is 1. The zero-order chi connectivity index (χ0) is 20.6. The average Bonchev–Trinajstić information content (AvgIpc) is 2.74. The number of hydrogen-bond acceptors (Lipinski definition) is 4. The molecule has 148 valence electrons. The van der Waals surface area contributed by atoms with Crippen LogP contribution in [0.4, 0.5) is 0 Å². The second-order valence-corrected chi connectivity index (χ2v) is 6.84. The van der Waals surface area contributed by atoms with Gasteiger partial charge >= 0.3 is 0 Å². The first-order valence-corrected chi connectivity index (χ1v) is 9.45. The number of benzene rings is 3. The SMILES string of the molecule is COc1cc(/C=N\NC(=O)c2ccc(Cl)cc2)ccc1OCc1ccccc1Cl. The van der Waals surface area contributed by atoms with E-state index in [1.807, 2.05) is 30.3 Å². The number of nitrogens with one attached hydrogen (secondary N) is 1. The van der Waals surface area contributed by atoms with E-state index in [0.717, 1.165) is 11.1 Å². The summed E-state index contributed by atoms with van der Waals surface area (Å²) in [6.45, 7) is 0.320. The molecule has 7 heteroatoms. The molecule has 0 heterocycles. The van der Waals surface area contributed by atoms with Crippen molar-refractivity contribution in [3.63, 3.8) is 0 Å². The Labute approximate surface area is 178 Å². The second-order valence-electron chi connectivity index (χ2n) is 6.00. The predicted octanol–water partition coefficient (Wildman–Crippen LogP) is 5.34. The number of ether oxygens (including phenoxy) is 2. The van der Waals surface area contributed by atoms with Gasteiger partial charge in [-0.05, 0) is 54.1 Å². The molecule has 3 aromatic rings. The van der Waals surface area contributed by atoms with E-state index in [0.29, 0.717) is 33.7 Å². The number of nitrogens with zero attached hydrogens (tertiary/aromatic N) is 1. The van der Waals surface area contributed by atoms with Crippen molar-refractivity contribution in [2.45, 2.75) is 6.61 Å². The number of hydrogen-bond donors (Lipinski definition) is 1. The summed E-state index contributed by atoms with van der Waals surface area (Å²) in [5.41, 5.74) is 4.56. The Hall–Kier alpha value is -3.02. The number of amides is 1.